The van der Waals surface area contributed by atoms with Gasteiger partial charge >= 0.3 is 0 Å². The zero-order valence-electron chi connectivity index (χ0n) is 10.1. The smallest absolute Gasteiger partial charge is 0.124 e. The molecule has 19 heavy (non-hydrogen) atoms. The van der Waals surface area contributed by atoms with Gasteiger partial charge in [-0.1, -0.05) is 24.3 Å². The van der Waals surface area contributed by atoms with Crippen LogP contribution in [0.2, 0.25) is 0 Å². The van der Waals surface area contributed by atoms with Gasteiger partial charge in [0.1, 0.15) is 17.9 Å². The van der Waals surface area contributed by atoms with E-state index < -0.39 is 5.41 Å². The van der Waals surface area contributed by atoms with Crippen LogP contribution in [0, 0.1) is 17.6 Å². The highest BCUT2D eigenvalue weighted by molar-refractivity contribution is 5.68. The van der Waals surface area contributed by atoms with Crippen molar-refractivity contribution in [2.75, 3.05) is 0 Å². The number of halogens is 2. The summed E-state index contributed by atoms with van der Waals surface area (Å²) in [7, 11) is 0. The van der Waals surface area contributed by atoms with Crippen molar-refractivity contribution in [3.05, 3.63) is 71.3 Å². The third-order valence-corrected chi connectivity index (χ3v) is 3.86. The summed E-state index contributed by atoms with van der Waals surface area (Å²) >= 11 is 0. The summed E-state index contributed by atoms with van der Waals surface area (Å²) < 4.78 is 26.8. The van der Waals surface area contributed by atoms with E-state index >= 15 is 0 Å². The molecule has 1 fully saturated rings. The molecule has 1 aliphatic carbocycles. The van der Waals surface area contributed by atoms with Crippen LogP contribution < -0.4 is 0 Å². The molecule has 0 aromatic heterocycles. The van der Waals surface area contributed by atoms with Gasteiger partial charge in [0.05, 0.1) is 0 Å². The van der Waals surface area contributed by atoms with E-state index in [4.69, 9.17) is 0 Å². The van der Waals surface area contributed by atoms with Crippen molar-refractivity contribution in [2.24, 2.45) is 5.92 Å². The largest absolute Gasteiger partial charge is 0.303 e. The van der Waals surface area contributed by atoms with Gasteiger partial charge in [0.25, 0.3) is 0 Å². The summed E-state index contributed by atoms with van der Waals surface area (Å²) in [5.74, 6) is -0.897. The van der Waals surface area contributed by atoms with Crippen molar-refractivity contribution >= 4 is 6.29 Å². The highest BCUT2D eigenvalue weighted by Gasteiger charge is 2.56. The first-order valence-corrected chi connectivity index (χ1v) is 6.14. The minimum absolute atomic E-state index is 0.212. The van der Waals surface area contributed by atoms with Gasteiger partial charge in [0, 0.05) is 11.3 Å². The zero-order chi connectivity index (χ0) is 13.5. The quantitative estimate of drug-likeness (QED) is 0.770. The Hall–Kier alpha value is -2.03. The first-order valence-electron chi connectivity index (χ1n) is 6.14. The van der Waals surface area contributed by atoms with Gasteiger partial charge in [-0.2, -0.15) is 0 Å². The predicted molar refractivity (Wildman–Crippen MR) is 67.8 cm³/mol. The Morgan fingerprint density at radius 1 is 1.00 bits per heavy atom. The van der Waals surface area contributed by atoms with Gasteiger partial charge < -0.3 is 4.79 Å². The minimum Gasteiger partial charge on any atom is -0.303 e. The maximum atomic E-state index is 13.4. The fourth-order valence-corrected chi connectivity index (χ4v) is 2.81. The third kappa shape index (κ3) is 1.86. The SMILES string of the molecule is O=CC1CC1(c1cccc(F)c1)c1cccc(F)c1. The molecule has 1 saturated carbocycles. The van der Waals surface area contributed by atoms with Crippen molar-refractivity contribution in [3.63, 3.8) is 0 Å². The summed E-state index contributed by atoms with van der Waals surface area (Å²) in [5.41, 5.74) is 0.900. The molecular weight excluding hydrogens is 246 g/mol. The molecule has 2 aromatic carbocycles. The normalized spacial score (nSPS) is 20.0. The highest BCUT2D eigenvalue weighted by Crippen LogP contribution is 2.57. The van der Waals surface area contributed by atoms with Crippen LogP contribution in [0.3, 0.4) is 0 Å². The number of rotatable bonds is 3. The molecule has 0 bridgehead atoms. The minimum atomic E-state index is -0.564. The summed E-state index contributed by atoms with van der Waals surface area (Å²) in [6.45, 7) is 0. The monoisotopic (exact) mass is 258 g/mol. The number of aldehydes is 1. The van der Waals surface area contributed by atoms with Gasteiger partial charge in [-0.3, -0.25) is 0 Å². The maximum absolute atomic E-state index is 13.4. The van der Waals surface area contributed by atoms with Crippen LogP contribution in [-0.2, 0) is 10.2 Å². The van der Waals surface area contributed by atoms with E-state index in [0.29, 0.717) is 6.42 Å². The molecule has 1 nitrogen and oxygen atoms in total. The van der Waals surface area contributed by atoms with Crippen molar-refractivity contribution in [2.45, 2.75) is 11.8 Å². The van der Waals surface area contributed by atoms with Gasteiger partial charge in [-0.25, -0.2) is 8.78 Å². The fraction of sp³-hybridized carbons (Fsp3) is 0.188. The molecule has 3 rings (SSSR count). The van der Waals surface area contributed by atoms with E-state index in [0.717, 1.165) is 17.4 Å². The lowest BCUT2D eigenvalue weighted by Crippen LogP contribution is -2.13. The van der Waals surface area contributed by atoms with Gasteiger partial charge in [0.2, 0.25) is 0 Å². The molecule has 0 saturated heterocycles. The average molecular weight is 258 g/mol. The van der Waals surface area contributed by atoms with E-state index in [-0.39, 0.29) is 17.6 Å². The molecule has 0 amide bonds. The second-order valence-electron chi connectivity index (χ2n) is 4.94. The Labute approximate surface area is 109 Å². The first kappa shape index (κ1) is 12.0. The summed E-state index contributed by atoms with van der Waals surface area (Å²) in [6, 6.07) is 12.4. The molecule has 0 heterocycles. The molecule has 1 aliphatic rings. The van der Waals surface area contributed by atoms with E-state index in [1.165, 1.54) is 24.3 Å². The van der Waals surface area contributed by atoms with Crippen LogP contribution in [0.15, 0.2) is 48.5 Å². The molecule has 2 aromatic rings. The van der Waals surface area contributed by atoms with Crippen LogP contribution in [0.25, 0.3) is 0 Å². The second kappa shape index (κ2) is 4.26. The van der Waals surface area contributed by atoms with Crippen molar-refractivity contribution in [1.82, 2.24) is 0 Å². The Balaban J connectivity index is 2.14. The third-order valence-electron chi connectivity index (χ3n) is 3.86. The van der Waals surface area contributed by atoms with E-state index in [1.807, 2.05) is 0 Å². The molecule has 1 atom stereocenters. The molecule has 96 valence electrons. The molecule has 3 heteroatoms. The Kier molecular flexibility index (Phi) is 2.70. The lowest BCUT2D eigenvalue weighted by molar-refractivity contribution is -0.109. The number of benzene rings is 2. The zero-order valence-corrected chi connectivity index (χ0v) is 10.1. The molecule has 0 radical (unpaired) electrons. The lowest BCUT2D eigenvalue weighted by atomic mass is 9.86. The summed E-state index contributed by atoms with van der Waals surface area (Å²) in [4.78, 5) is 11.1. The topological polar surface area (TPSA) is 17.1 Å². The Morgan fingerprint density at radius 2 is 1.53 bits per heavy atom. The lowest BCUT2D eigenvalue weighted by Gasteiger charge is -2.17. The van der Waals surface area contributed by atoms with Crippen molar-refractivity contribution in [1.29, 1.82) is 0 Å². The van der Waals surface area contributed by atoms with Crippen LogP contribution in [0.1, 0.15) is 17.5 Å². The van der Waals surface area contributed by atoms with E-state index in [9.17, 15) is 13.6 Å². The fourth-order valence-electron chi connectivity index (χ4n) is 2.81. The first-order chi connectivity index (χ1) is 9.16. The molecular formula is C16H12F2O. The molecule has 0 N–H and O–H groups in total. The van der Waals surface area contributed by atoms with Crippen LogP contribution >= 0.6 is 0 Å². The number of hydrogen-bond donors (Lipinski definition) is 0. The van der Waals surface area contributed by atoms with Gasteiger partial charge in [-0.15, -0.1) is 0 Å². The number of carbonyl (C=O) groups excluding carboxylic acids is 1. The summed E-state index contributed by atoms with van der Waals surface area (Å²) in [6.07, 6.45) is 1.47. The molecule has 0 spiro atoms. The number of hydrogen-bond acceptors (Lipinski definition) is 1. The van der Waals surface area contributed by atoms with Crippen LogP contribution in [0.4, 0.5) is 8.78 Å². The van der Waals surface area contributed by atoms with E-state index in [2.05, 4.69) is 0 Å². The highest BCUT2D eigenvalue weighted by atomic mass is 19.1. The van der Waals surface area contributed by atoms with Gasteiger partial charge in [0.15, 0.2) is 0 Å². The van der Waals surface area contributed by atoms with Crippen LogP contribution in [-0.4, -0.2) is 6.29 Å². The van der Waals surface area contributed by atoms with E-state index in [1.54, 1.807) is 24.3 Å². The second-order valence-corrected chi connectivity index (χ2v) is 4.94. The Morgan fingerprint density at radius 3 is 1.89 bits per heavy atom. The summed E-state index contributed by atoms with van der Waals surface area (Å²) in [5, 5.41) is 0. The van der Waals surface area contributed by atoms with Crippen molar-refractivity contribution in [3.8, 4) is 0 Å². The molecule has 1 unspecified atom stereocenters. The van der Waals surface area contributed by atoms with Gasteiger partial charge in [-0.05, 0) is 41.8 Å². The van der Waals surface area contributed by atoms with Crippen molar-refractivity contribution < 1.29 is 13.6 Å². The van der Waals surface area contributed by atoms with Crippen LogP contribution in [0.5, 0.6) is 0 Å². The molecule has 0 aliphatic heterocycles. The standard InChI is InChI=1S/C16H12F2O/c17-14-5-1-3-11(7-14)16(9-13(16)10-19)12-4-2-6-15(18)8-12/h1-8,10,13H,9H2. The maximum Gasteiger partial charge on any atom is 0.124 e. The predicted octanol–water partition coefficient (Wildman–Crippen LogP) is 3.47. The average Bonchev–Trinajstić information content (AvgIpc) is 3.14. The Bertz CT molecular complexity index is 591. The number of carbonyl (C=O) groups is 1.